The Balaban J connectivity index is 2.76. The summed E-state index contributed by atoms with van der Waals surface area (Å²) in [7, 11) is 0. The van der Waals surface area contributed by atoms with Crippen LogP contribution in [-0.2, 0) is 19.3 Å². The van der Waals surface area contributed by atoms with Gasteiger partial charge in [-0.2, -0.15) is 0 Å². The number of carbonyl (C=O) groups is 2. The first-order valence-corrected chi connectivity index (χ1v) is 9.58. The predicted molar refractivity (Wildman–Crippen MR) is 111 cm³/mol. The highest BCUT2D eigenvalue weighted by Crippen LogP contribution is 2.30. The summed E-state index contributed by atoms with van der Waals surface area (Å²) < 4.78 is 0. The molecule has 0 aromatic heterocycles. The van der Waals surface area contributed by atoms with E-state index in [2.05, 4.69) is 13.8 Å². The molecule has 28 heavy (non-hydrogen) atoms. The zero-order valence-corrected chi connectivity index (χ0v) is 17.0. The Hall–Kier alpha value is -2.82. The summed E-state index contributed by atoms with van der Waals surface area (Å²) in [5.41, 5.74) is 9.72. The number of hydrogen-bond donors (Lipinski definition) is 3. The first-order valence-electron chi connectivity index (χ1n) is 9.58. The molecule has 0 atom stereocenters. The molecule has 0 unspecified atom stereocenters. The van der Waals surface area contributed by atoms with Gasteiger partial charge in [0.15, 0.2) is 0 Å². The Bertz CT molecular complexity index is 867. The van der Waals surface area contributed by atoms with Gasteiger partial charge in [0.25, 0.3) is 0 Å². The third kappa shape index (κ3) is 5.12. The molecule has 0 saturated heterocycles. The Morgan fingerprint density at radius 1 is 0.893 bits per heavy atom. The van der Waals surface area contributed by atoms with Crippen LogP contribution in [0.25, 0.3) is 0 Å². The summed E-state index contributed by atoms with van der Waals surface area (Å²) in [5.74, 6) is -1.88. The number of nitrogens with two attached hydrogens (primary N) is 1. The minimum atomic E-state index is -1.21. The Morgan fingerprint density at radius 2 is 1.43 bits per heavy atom. The van der Waals surface area contributed by atoms with Crippen molar-refractivity contribution in [1.82, 2.24) is 0 Å². The van der Waals surface area contributed by atoms with Crippen molar-refractivity contribution in [2.24, 2.45) is 11.8 Å². The van der Waals surface area contributed by atoms with Crippen LogP contribution in [0.5, 0.6) is 0 Å². The standard InChI is InChI=1S/C23H29NO4/c1-13(2)9-18-16(11-15-5-7-17(24)8-6-15)12-20(22(25)26)21(23(27)28)19(18)10-14(3)4/h5-8,12-14H,9-11,24H2,1-4H3,(H,25,26)(H,27,28). The van der Waals surface area contributed by atoms with Gasteiger partial charge in [-0.1, -0.05) is 39.8 Å². The van der Waals surface area contributed by atoms with Gasteiger partial charge >= 0.3 is 11.9 Å². The van der Waals surface area contributed by atoms with Gasteiger partial charge in [0.1, 0.15) is 0 Å². The first kappa shape index (κ1) is 21.5. The number of rotatable bonds is 8. The van der Waals surface area contributed by atoms with E-state index in [1.54, 1.807) is 6.07 Å². The Morgan fingerprint density at radius 3 is 1.89 bits per heavy atom. The van der Waals surface area contributed by atoms with Crippen LogP contribution in [0.2, 0.25) is 0 Å². The molecule has 2 aromatic carbocycles. The highest BCUT2D eigenvalue weighted by Gasteiger charge is 2.26. The van der Waals surface area contributed by atoms with Crippen LogP contribution in [0.15, 0.2) is 30.3 Å². The molecule has 0 amide bonds. The number of carboxylic acid groups (broad SMARTS) is 2. The quantitative estimate of drug-likeness (QED) is 0.576. The second-order valence-corrected chi connectivity index (χ2v) is 8.14. The molecule has 150 valence electrons. The van der Waals surface area contributed by atoms with Gasteiger partial charge < -0.3 is 15.9 Å². The molecule has 0 radical (unpaired) electrons. The number of aromatic carboxylic acids is 2. The van der Waals surface area contributed by atoms with E-state index in [9.17, 15) is 19.8 Å². The van der Waals surface area contributed by atoms with E-state index in [1.165, 1.54) is 0 Å². The number of hydrogen-bond acceptors (Lipinski definition) is 3. The lowest BCUT2D eigenvalue weighted by molar-refractivity contribution is 0.0650. The molecule has 4 N–H and O–H groups in total. The van der Waals surface area contributed by atoms with Crippen molar-refractivity contribution in [1.29, 1.82) is 0 Å². The zero-order chi connectivity index (χ0) is 21.0. The van der Waals surface area contributed by atoms with Gasteiger partial charge in [-0.3, -0.25) is 0 Å². The van der Waals surface area contributed by atoms with Gasteiger partial charge in [0, 0.05) is 5.69 Å². The van der Waals surface area contributed by atoms with Crippen LogP contribution in [0.4, 0.5) is 5.69 Å². The Kier molecular flexibility index (Phi) is 6.84. The van der Waals surface area contributed by atoms with Crippen molar-refractivity contribution in [3.63, 3.8) is 0 Å². The number of anilines is 1. The van der Waals surface area contributed by atoms with Crippen molar-refractivity contribution in [2.45, 2.75) is 47.0 Å². The number of nitrogen functional groups attached to an aromatic ring is 1. The molecule has 0 aliphatic heterocycles. The molecular weight excluding hydrogens is 354 g/mol. The van der Waals surface area contributed by atoms with Crippen molar-refractivity contribution < 1.29 is 19.8 Å². The molecule has 0 aliphatic rings. The fourth-order valence-electron chi connectivity index (χ4n) is 3.56. The zero-order valence-electron chi connectivity index (χ0n) is 17.0. The van der Waals surface area contributed by atoms with E-state index in [0.29, 0.717) is 36.4 Å². The topological polar surface area (TPSA) is 101 Å². The highest BCUT2D eigenvalue weighted by molar-refractivity contribution is 6.03. The van der Waals surface area contributed by atoms with Gasteiger partial charge in [0.05, 0.1) is 11.1 Å². The number of benzene rings is 2. The van der Waals surface area contributed by atoms with Crippen molar-refractivity contribution >= 4 is 17.6 Å². The molecular formula is C23H29NO4. The van der Waals surface area contributed by atoms with Crippen LogP contribution in [0.3, 0.4) is 0 Å². The fraction of sp³-hybridized carbons (Fsp3) is 0.391. The smallest absolute Gasteiger partial charge is 0.336 e. The molecule has 2 rings (SSSR count). The lowest BCUT2D eigenvalue weighted by atomic mass is 9.82. The first-order chi connectivity index (χ1) is 13.1. The van der Waals surface area contributed by atoms with Crippen molar-refractivity contribution in [2.75, 3.05) is 5.73 Å². The van der Waals surface area contributed by atoms with Crippen molar-refractivity contribution in [3.8, 4) is 0 Å². The summed E-state index contributed by atoms with van der Waals surface area (Å²) in [4.78, 5) is 23.9. The maximum absolute atomic E-state index is 12.0. The molecule has 0 bridgehead atoms. The third-order valence-corrected chi connectivity index (χ3v) is 4.68. The molecule has 0 heterocycles. The fourth-order valence-corrected chi connectivity index (χ4v) is 3.56. The van der Waals surface area contributed by atoms with E-state index in [4.69, 9.17) is 5.73 Å². The van der Waals surface area contributed by atoms with Crippen LogP contribution in [-0.4, -0.2) is 22.2 Å². The third-order valence-electron chi connectivity index (χ3n) is 4.68. The van der Waals surface area contributed by atoms with Crippen LogP contribution < -0.4 is 5.73 Å². The van der Waals surface area contributed by atoms with E-state index in [-0.39, 0.29) is 17.0 Å². The summed E-state index contributed by atoms with van der Waals surface area (Å²) in [6.45, 7) is 8.19. The SMILES string of the molecule is CC(C)Cc1c(Cc2ccc(N)cc2)cc(C(=O)O)c(C(=O)O)c1CC(C)C. The predicted octanol–water partition coefficient (Wildman–Crippen LogP) is 4.65. The van der Waals surface area contributed by atoms with E-state index in [0.717, 1.165) is 16.7 Å². The van der Waals surface area contributed by atoms with E-state index in [1.807, 2.05) is 38.1 Å². The average molecular weight is 383 g/mol. The Labute approximate surface area is 166 Å². The van der Waals surface area contributed by atoms with E-state index >= 15 is 0 Å². The summed E-state index contributed by atoms with van der Waals surface area (Å²) in [5, 5.41) is 19.5. The summed E-state index contributed by atoms with van der Waals surface area (Å²) >= 11 is 0. The summed E-state index contributed by atoms with van der Waals surface area (Å²) in [6, 6.07) is 9.01. The van der Waals surface area contributed by atoms with Crippen LogP contribution in [0, 0.1) is 11.8 Å². The molecule has 5 heteroatoms. The molecule has 2 aromatic rings. The molecule has 0 spiro atoms. The molecule has 0 saturated carbocycles. The minimum Gasteiger partial charge on any atom is -0.478 e. The lowest BCUT2D eigenvalue weighted by Crippen LogP contribution is -2.18. The van der Waals surface area contributed by atoms with Gasteiger partial charge in [0.2, 0.25) is 0 Å². The highest BCUT2D eigenvalue weighted by atomic mass is 16.4. The molecule has 5 nitrogen and oxygen atoms in total. The molecule has 0 fully saturated rings. The van der Waals surface area contributed by atoms with Gasteiger partial charge in [-0.05, 0) is 71.6 Å². The maximum Gasteiger partial charge on any atom is 0.336 e. The second kappa shape index (κ2) is 8.91. The second-order valence-electron chi connectivity index (χ2n) is 8.14. The van der Waals surface area contributed by atoms with Crippen molar-refractivity contribution in [3.05, 3.63) is 63.7 Å². The van der Waals surface area contributed by atoms with Gasteiger partial charge in [-0.15, -0.1) is 0 Å². The average Bonchev–Trinajstić information content (AvgIpc) is 2.58. The lowest BCUT2D eigenvalue weighted by Gasteiger charge is -2.22. The van der Waals surface area contributed by atoms with Gasteiger partial charge in [-0.25, -0.2) is 9.59 Å². The summed E-state index contributed by atoms with van der Waals surface area (Å²) in [6.07, 6.45) is 1.76. The monoisotopic (exact) mass is 383 g/mol. The normalized spacial score (nSPS) is 11.2. The van der Waals surface area contributed by atoms with Crippen LogP contribution >= 0.6 is 0 Å². The number of carboxylic acids is 2. The van der Waals surface area contributed by atoms with Crippen LogP contribution in [0.1, 0.15) is 70.7 Å². The van der Waals surface area contributed by atoms with E-state index < -0.39 is 11.9 Å². The largest absolute Gasteiger partial charge is 0.478 e. The maximum atomic E-state index is 12.0. The minimum absolute atomic E-state index is 0.0714. The molecule has 0 aliphatic carbocycles.